The van der Waals surface area contributed by atoms with Crippen LogP contribution < -0.4 is 0 Å². The summed E-state index contributed by atoms with van der Waals surface area (Å²) in [6.07, 6.45) is 0. The molecule has 0 fully saturated rings. The van der Waals surface area contributed by atoms with E-state index in [1.807, 2.05) is 36.4 Å². The minimum atomic E-state index is 0.526. The lowest BCUT2D eigenvalue weighted by atomic mass is 9.97. The Kier molecular flexibility index (Phi) is 7.80. The van der Waals surface area contributed by atoms with E-state index in [2.05, 4.69) is 185 Å². The Bertz CT molecular complexity index is 3900. The maximum Gasteiger partial charge on any atom is 0.238 e. The predicted octanol–water partition coefficient (Wildman–Crippen LogP) is 14.6. The average Bonchev–Trinajstić information content (AvgIpc) is 4.02. The molecule has 0 radical (unpaired) electrons. The highest BCUT2D eigenvalue weighted by atomic mass is 16.3. The zero-order chi connectivity index (χ0) is 41.4. The SMILES string of the molecule is c1ccc(-c2cccc(-n3c4ccccc4c4ccc5c6ccccc6n(-c6nc(-c7ccccc7)nc(-c7cc(-c8ccccc8)c8c(c7)oc7ccccc78)n6)c5c43)c2)cc1. The normalized spacial score (nSPS) is 11.8. The lowest BCUT2D eigenvalue weighted by Gasteiger charge is -2.14. The summed E-state index contributed by atoms with van der Waals surface area (Å²) in [5, 5.41) is 6.67. The van der Waals surface area contributed by atoms with Crippen molar-refractivity contribution < 1.29 is 4.42 Å². The fourth-order valence-electron chi connectivity index (χ4n) is 9.57. The Hall–Kier alpha value is -8.61. The zero-order valence-electron chi connectivity index (χ0n) is 33.9. The number of furan rings is 1. The summed E-state index contributed by atoms with van der Waals surface area (Å²) in [4.78, 5) is 16.1. The largest absolute Gasteiger partial charge is 0.456 e. The van der Waals surface area contributed by atoms with Crippen molar-refractivity contribution in [2.45, 2.75) is 0 Å². The molecule has 0 aliphatic rings. The third-order valence-electron chi connectivity index (χ3n) is 12.4. The molecule has 4 heterocycles. The van der Waals surface area contributed by atoms with E-state index in [1.165, 1.54) is 10.9 Å². The molecule has 13 aromatic rings. The molecule has 13 rings (SSSR count). The predicted molar refractivity (Wildman–Crippen MR) is 258 cm³/mol. The van der Waals surface area contributed by atoms with Crippen LogP contribution >= 0.6 is 0 Å². The molecule has 0 saturated carbocycles. The van der Waals surface area contributed by atoms with Gasteiger partial charge in [-0.15, -0.1) is 0 Å². The van der Waals surface area contributed by atoms with Crippen LogP contribution in [0.4, 0.5) is 0 Å². The molecule has 0 atom stereocenters. The molecule has 0 N–H and O–H groups in total. The highest BCUT2D eigenvalue weighted by molar-refractivity contribution is 6.24. The molecule has 6 nitrogen and oxygen atoms in total. The summed E-state index contributed by atoms with van der Waals surface area (Å²) in [7, 11) is 0. The average molecular weight is 806 g/mol. The van der Waals surface area contributed by atoms with E-state index >= 15 is 0 Å². The van der Waals surface area contributed by atoms with E-state index in [9.17, 15) is 0 Å². The minimum absolute atomic E-state index is 0.526. The number of para-hydroxylation sites is 3. The van der Waals surface area contributed by atoms with Crippen molar-refractivity contribution in [2.75, 3.05) is 0 Å². The molecule has 4 aromatic heterocycles. The van der Waals surface area contributed by atoms with Crippen molar-refractivity contribution in [1.29, 1.82) is 0 Å². The van der Waals surface area contributed by atoms with Crippen LogP contribution in [0.3, 0.4) is 0 Å². The van der Waals surface area contributed by atoms with Crippen molar-refractivity contribution in [3.8, 4) is 56.7 Å². The summed E-state index contributed by atoms with van der Waals surface area (Å²) in [6.45, 7) is 0. The Labute approximate surface area is 361 Å². The third-order valence-corrected chi connectivity index (χ3v) is 12.4. The lowest BCUT2D eigenvalue weighted by Crippen LogP contribution is -2.07. The summed E-state index contributed by atoms with van der Waals surface area (Å²) in [5.41, 5.74) is 13.1. The first-order valence-electron chi connectivity index (χ1n) is 21.2. The standard InChI is InChI=1S/C57H35N5O/c1-4-17-36(18-5-1)39-23-16-24-41(33-39)61-48-28-13-10-25-42(48)44-31-32-45-43-26-11-14-29-49(43)62(54(45)53(44)61)57-59-55(38-21-8-3-9-22-38)58-56(60-57)40-34-47(37-19-6-2-7-20-37)52-46-27-12-15-30-50(46)63-51(52)35-40/h1-35H. The second-order valence-electron chi connectivity index (χ2n) is 16.0. The maximum atomic E-state index is 6.60. The first kappa shape index (κ1) is 35.2. The van der Waals surface area contributed by atoms with Crippen molar-refractivity contribution >= 4 is 65.6 Å². The van der Waals surface area contributed by atoms with Crippen molar-refractivity contribution in [3.63, 3.8) is 0 Å². The summed E-state index contributed by atoms with van der Waals surface area (Å²) >= 11 is 0. The number of hydrogen-bond donors (Lipinski definition) is 0. The second-order valence-corrected chi connectivity index (χ2v) is 16.0. The maximum absolute atomic E-state index is 6.60. The van der Waals surface area contributed by atoms with Gasteiger partial charge in [-0.2, -0.15) is 9.97 Å². The summed E-state index contributed by atoms with van der Waals surface area (Å²) < 4.78 is 11.3. The minimum Gasteiger partial charge on any atom is -0.456 e. The Morgan fingerprint density at radius 3 is 1.57 bits per heavy atom. The zero-order valence-corrected chi connectivity index (χ0v) is 33.9. The molecule has 294 valence electrons. The van der Waals surface area contributed by atoms with Crippen LogP contribution in [0.2, 0.25) is 0 Å². The van der Waals surface area contributed by atoms with Gasteiger partial charge < -0.3 is 8.98 Å². The Morgan fingerprint density at radius 1 is 0.333 bits per heavy atom. The lowest BCUT2D eigenvalue weighted by molar-refractivity contribution is 0.669. The smallest absolute Gasteiger partial charge is 0.238 e. The van der Waals surface area contributed by atoms with E-state index in [-0.39, 0.29) is 0 Å². The molecule has 0 amide bonds. The van der Waals surface area contributed by atoms with Gasteiger partial charge in [0.15, 0.2) is 11.6 Å². The number of benzene rings is 9. The fraction of sp³-hybridized carbons (Fsp3) is 0. The van der Waals surface area contributed by atoms with E-state index in [0.717, 1.165) is 93.7 Å². The topological polar surface area (TPSA) is 61.7 Å². The molecular weight excluding hydrogens is 771 g/mol. The monoisotopic (exact) mass is 805 g/mol. The van der Waals surface area contributed by atoms with Gasteiger partial charge in [-0.1, -0.05) is 170 Å². The fourth-order valence-corrected chi connectivity index (χ4v) is 9.57. The number of hydrogen-bond acceptors (Lipinski definition) is 4. The van der Waals surface area contributed by atoms with E-state index in [0.29, 0.717) is 17.6 Å². The van der Waals surface area contributed by atoms with Gasteiger partial charge in [0.25, 0.3) is 0 Å². The van der Waals surface area contributed by atoms with Crippen LogP contribution in [0.5, 0.6) is 0 Å². The first-order valence-corrected chi connectivity index (χ1v) is 21.2. The molecule has 0 aliphatic heterocycles. The molecule has 6 heteroatoms. The molecule has 0 spiro atoms. The summed E-state index contributed by atoms with van der Waals surface area (Å²) in [5.74, 6) is 1.65. The molecular formula is C57H35N5O. The van der Waals surface area contributed by atoms with Crippen molar-refractivity contribution in [3.05, 3.63) is 212 Å². The van der Waals surface area contributed by atoms with Gasteiger partial charge in [0.2, 0.25) is 5.95 Å². The quantitative estimate of drug-likeness (QED) is 0.168. The highest BCUT2D eigenvalue weighted by Crippen LogP contribution is 2.43. The van der Waals surface area contributed by atoms with Crippen LogP contribution in [0, 0.1) is 0 Å². The summed E-state index contributed by atoms with van der Waals surface area (Å²) in [6, 6.07) is 74.4. The first-order chi connectivity index (χ1) is 31.2. The van der Waals surface area contributed by atoms with Crippen molar-refractivity contribution in [2.24, 2.45) is 0 Å². The molecule has 0 unspecified atom stereocenters. The number of rotatable bonds is 6. The van der Waals surface area contributed by atoms with Crippen LogP contribution in [-0.2, 0) is 0 Å². The Balaban J connectivity index is 1.14. The number of aromatic nitrogens is 5. The molecule has 9 aromatic carbocycles. The van der Waals surface area contributed by atoms with E-state index < -0.39 is 0 Å². The molecule has 63 heavy (non-hydrogen) atoms. The van der Waals surface area contributed by atoms with Crippen LogP contribution in [0.1, 0.15) is 0 Å². The van der Waals surface area contributed by atoms with Gasteiger partial charge in [-0.05, 0) is 64.7 Å². The molecule has 0 bridgehead atoms. The van der Waals surface area contributed by atoms with Crippen LogP contribution in [-0.4, -0.2) is 24.1 Å². The van der Waals surface area contributed by atoms with Crippen LogP contribution in [0.25, 0.3) is 122 Å². The third kappa shape index (κ3) is 5.55. The van der Waals surface area contributed by atoms with Gasteiger partial charge in [0, 0.05) is 49.1 Å². The van der Waals surface area contributed by atoms with Crippen molar-refractivity contribution in [1.82, 2.24) is 24.1 Å². The number of nitrogens with zero attached hydrogens (tertiary/aromatic N) is 5. The van der Waals surface area contributed by atoms with E-state index in [4.69, 9.17) is 19.4 Å². The Morgan fingerprint density at radius 2 is 0.873 bits per heavy atom. The second kappa shape index (κ2) is 14.0. The van der Waals surface area contributed by atoms with Gasteiger partial charge in [-0.3, -0.25) is 4.57 Å². The number of fused-ring (bicyclic) bond motifs is 10. The highest BCUT2D eigenvalue weighted by Gasteiger charge is 2.24. The van der Waals surface area contributed by atoms with Gasteiger partial charge in [0.05, 0.1) is 22.1 Å². The molecule has 0 aliphatic carbocycles. The van der Waals surface area contributed by atoms with Gasteiger partial charge >= 0.3 is 0 Å². The van der Waals surface area contributed by atoms with Gasteiger partial charge in [-0.25, -0.2) is 4.98 Å². The molecule has 0 saturated heterocycles. The van der Waals surface area contributed by atoms with E-state index in [1.54, 1.807) is 0 Å². The van der Waals surface area contributed by atoms with Gasteiger partial charge in [0.1, 0.15) is 11.2 Å². The van der Waals surface area contributed by atoms with Crippen LogP contribution in [0.15, 0.2) is 217 Å².